The normalized spacial score (nSPS) is 11.6. The molecule has 0 radical (unpaired) electrons. The molecule has 0 fully saturated rings. The van der Waals surface area contributed by atoms with Gasteiger partial charge in [-0.3, -0.25) is 0 Å². The van der Waals surface area contributed by atoms with Crippen LogP contribution in [0.15, 0.2) is 30.3 Å². The van der Waals surface area contributed by atoms with Crippen LogP contribution in [0.4, 0.5) is 0 Å². The molecule has 0 aliphatic rings. The maximum absolute atomic E-state index is 2.41. The van der Waals surface area contributed by atoms with Crippen molar-refractivity contribution >= 4 is 0 Å². The van der Waals surface area contributed by atoms with Crippen LogP contribution in [0.3, 0.4) is 0 Å². The van der Waals surface area contributed by atoms with Crippen molar-refractivity contribution in [1.29, 1.82) is 0 Å². The highest BCUT2D eigenvalue weighted by Gasteiger charge is 2.26. The van der Waals surface area contributed by atoms with E-state index in [4.69, 9.17) is 0 Å². The molecule has 1 aromatic rings. The van der Waals surface area contributed by atoms with Gasteiger partial charge in [-0.2, -0.15) is 0 Å². The molecule has 0 aliphatic carbocycles. The lowest BCUT2D eigenvalue weighted by Crippen LogP contribution is -3.00. The molecule has 266 valence electrons. The Hall–Kier alpha value is -0.530. The van der Waals surface area contributed by atoms with Crippen LogP contribution in [-0.2, 0) is 6.54 Å². The highest BCUT2D eigenvalue weighted by atomic mass is 35.5. The van der Waals surface area contributed by atoms with Crippen LogP contribution in [0.2, 0.25) is 0 Å². The fourth-order valence-corrected chi connectivity index (χ4v) is 7.35. The van der Waals surface area contributed by atoms with Crippen LogP contribution in [0.25, 0.3) is 0 Å². The Morgan fingerprint density at radius 3 is 0.844 bits per heavy atom. The van der Waals surface area contributed by atoms with E-state index in [9.17, 15) is 0 Å². The summed E-state index contributed by atoms with van der Waals surface area (Å²) in [5, 5.41) is 0. The monoisotopic (exact) mass is 648 g/mol. The molecular formula is C43H82ClN. The lowest BCUT2D eigenvalue weighted by Gasteiger charge is -2.39. The van der Waals surface area contributed by atoms with Crippen molar-refractivity contribution in [1.82, 2.24) is 0 Å². The number of quaternary nitrogens is 1. The second-order valence-electron chi connectivity index (χ2n) is 14.7. The van der Waals surface area contributed by atoms with Crippen molar-refractivity contribution in [2.75, 3.05) is 19.6 Å². The fourth-order valence-electron chi connectivity index (χ4n) is 7.35. The predicted molar refractivity (Wildman–Crippen MR) is 201 cm³/mol. The summed E-state index contributed by atoms with van der Waals surface area (Å²) in [6.45, 7) is 12.4. The Labute approximate surface area is 291 Å². The molecule has 1 rings (SSSR count). The van der Waals surface area contributed by atoms with Gasteiger partial charge in [-0.05, 0) is 38.5 Å². The molecule has 0 aliphatic heterocycles. The number of rotatable bonds is 35. The first kappa shape index (κ1) is 44.5. The van der Waals surface area contributed by atoms with E-state index in [2.05, 4.69) is 51.1 Å². The van der Waals surface area contributed by atoms with Crippen molar-refractivity contribution < 1.29 is 16.9 Å². The zero-order valence-electron chi connectivity index (χ0n) is 31.3. The van der Waals surface area contributed by atoms with E-state index in [-0.39, 0.29) is 12.4 Å². The lowest BCUT2D eigenvalue weighted by molar-refractivity contribution is -0.941. The second kappa shape index (κ2) is 34.8. The van der Waals surface area contributed by atoms with E-state index < -0.39 is 0 Å². The average Bonchev–Trinajstić information content (AvgIpc) is 3.04. The predicted octanol–water partition coefficient (Wildman–Crippen LogP) is 11.8. The Morgan fingerprint density at radius 1 is 0.333 bits per heavy atom. The van der Waals surface area contributed by atoms with Crippen LogP contribution < -0.4 is 12.4 Å². The van der Waals surface area contributed by atoms with Crippen molar-refractivity contribution in [3.63, 3.8) is 0 Å². The number of benzene rings is 1. The average molecular weight is 649 g/mol. The maximum Gasteiger partial charge on any atom is 0.104 e. The van der Waals surface area contributed by atoms with Crippen LogP contribution in [0.5, 0.6) is 0 Å². The Balaban J connectivity index is 0.0000194. The van der Waals surface area contributed by atoms with Crippen LogP contribution in [0, 0.1) is 0 Å². The summed E-state index contributed by atoms with van der Waals surface area (Å²) in [6.07, 6.45) is 43.3. The van der Waals surface area contributed by atoms with Gasteiger partial charge in [0.2, 0.25) is 0 Å². The van der Waals surface area contributed by atoms with Gasteiger partial charge in [-0.25, -0.2) is 0 Å². The Morgan fingerprint density at radius 2 is 0.578 bits per heavy atom. The smallest absolute Gasteiger partial charge is 0.104 e. The quantitative estimate of drug-likeness (QED) is 0.0508. The maximum atomic E-state index is 2.41. The first-order valence-electron chi connectivity index (χ1n) is 20.7. The van der Waals surface area contributed by atoms with Crippen molar-refractivity contribution in [3.8, 4) is 0 Å². The van der Waals surface area contributed by atoms with Gasteiger partial charge in [-0.15, -0.1) is 0 Å². The molecule has 1 aromatic carbocycles. The summed E-state index contributed by atoms with van der Waals surface area (Å²) in [5.41, 5.74) is 1.57. The van der Waals surface area contributed by atoms with E-state index in [0.29, 0.717) is 0 Å². The molecule has 1 nitrogen and oxygen atoms in total. The summed E-state index contributed by atoms with van der Waals surface area (Å²) >= 11 is 0. The molecule has 0 saturated carbocycles. The topological polar surface area (TPSA) is 0 Å². The number of nitrogens with zero attached hydrogens (tertiary/aromatic N) is 1. The van der Waals surface area contributed by atoms with E-state index in [1.54, 1.807) is 5.56 Å². The van der Waals surface area contributed by atoms with Gasteiger partial charge in [0.1, 0.15) is 6.54 Å². The third-order valence-electron chi connectivity index (χ3n) is 10.3. The fraction of sp³-hybridized carbons (Fsp3) is 0.860. The largest absolute Gasteiger partial charge is 1.00 e. The van der Waals surface area contributed by atoms with Crippen LogP contribution in [-0.4, -0.2) is 24.1 Å². The summed E-state index contributed by atoms with van der Waals surface area (Å²) in [5.74, 6) is 0. The Bertz CT molecular complexity index is 614. The number of halogens is 1. The van der Waals surface area contributed by atoms with Gasteiger partial charge in [-0.1, -0.05) is 205 Å². The SMILES string of the molecule is CCCCCCCCCCCC[N+](CCCCCCCCCCCC)(CCCCCCCCCCCC)Cc1ccccc1.[Cl-]. The lowest BCUT2D eigenvalue weighted by atomic mass is 10.0. The van der Waals surface area contributed by atoms with Gasteiger partial charge in [0.15, 0.2) is 0 Å². The van der Waals surface area contributed by atoms with Crippen molar-refractivity contribution in [2.45, 2.75) is 220 Å². The van der Waals surface area contributed by atoms with Gasteiger partial charge >= 0.3 is 0 Å². The second-order valence-corrected chi connectivity index (χ2v) is 14.7. The van der Waals surface area contributed by atoms with Gasteiger partial charge in [0.25, 0.3) is 0 Å². The molecule has 0 N–H and O–H groups in total. The van der Waals surface area contributed by atoms with Gasteiger partial charge in [0.05, 0.1) is 19.6 Å². The third kappa shape index (κ3) is 28.2. The van der Waals surface area contributed by atoms with Gasteiger partial charge < -0.3 is 16.9 Å². The minimum Gasteiger partial charge on any atom is -1.00 e. The van der Waals surface area contributed by atoms with E-state index in [1.807, 2.05) is 0 Å². The minimum absolute atomic E-state index is 0. The molecule has 0 saturated heterocycles. The minimum atomic E-state index is 0. The molecule has 0 bridgehead atoms. The number of hydrogen-bond acceptors (Lipinski definition) is 0. The summed E-state index contributed by atoms with van der Waals surface area (Å²) in [4.78, 5) is 0. The molecule has 0 atom stereocenters. The van der Waals surface area contributed by atoms with E-state index >= 15 is 0 Å². The molecule has 0 aromatic heterocycles. The van der Waals surface area contributed by atoms with E-state index in [1.165, 1.54) is 223 Å². The molecule has 0 amide bonds. The first-order chi connectivity index (χ1) is 21.8. The zero-order valence-corrected chi connectivity index (χ0v) is 32.0. The third-order valence-corrected chi connectivity index (χ3v) is 10.3. The van der Waals surface area contributed by atoms with E-state index in [0.717, 1.165) is 0 Å². The van der Waals surface area contributed by atoms with Crippen LogP contribution >= 0.6 is 0 Å². The summed E-state index contributed by atoms with van der Waals surface area (Å²) < 4.78 is 1.36. The molecule has 0 unspecified atom stereocenters. The highest BCUT2D eigenvalue weighted by molar-refractivity contribution is 5.13. The standard InChI is InChI=1S/C43H82N.ClH/c1-4-7-10-13-16-19-22-25-28-34-39-44(42-43-37-32-31-33-38-43,40-35-29-26-23-20-17-14-11-8-5-2)41-36-30-27-24-21-18-15-12-9-6-3;/h31-33,37-38H,4-30,34-36,39-42H2,1-3H3;1H/q+1;/p-1. The molecule has 2 heteroatoms. The van der Waals surface area contributed by atoms with Gasteiger partial charge in [0, 0.05) is 5.56 Å². The molecule has 0 heterocycles. The van der Waals surface area contributed by atoms with Crippen molar-refractivity contribution in [3.05, 3.63) is 35.9 Å². The summed E-state index contributed by atoms with van der Waals surface area (Å²) in [7, 11) is 0. The highest BCUT2D eigenvalue weighted by Crippen LogP contribution is 2.23. The zero-order chi connectivity index (χ0) is 31.7. The van der Waals surface area contributed by atoms with Crippen LogP contribution in [0.1, 0.15) is 219 Å². The van der Waals surface area contributed by atoms with Crippen molar-refractivity contribution in [2.24, 2.45) is 0 Å². The molecular weight excluding hydrogens is 566 g/mol. The number of unbranched alkanes of at least 4 members (excludes halogenated alkanes) is 27. The Kier molecular flexibility index (Phi) is 34.4. The molecule has 45 heavy (non-hydrogen) atoms. The molecule has 0 spiro atoms. The number of hydrogen-bond donors (Lipinski definition) is 0. The first-order valence-corrected chi connectivity index (χ1v) is 20.7. The summed E-state index contributed by atoms with van der Waals surface area (Å²) in [6, 6.07) is 11.5.